The molecule has 0 aliphatic heterocycles. The van der Waals surface area contributed by atoms with Gasteiger partial charge in [-0.15, -0.1) is 0 Å². The zero-order valence-corrected chi connectivity index (χ0v) is 14.5. The van der Waals surface area contributed by atoms with Gasteiger partial charge in [0.2, 0.25) is 0 Å². The molecule has 0 fully saturated rings. The maximum absolute atomic E-state index is 6.13. The molecule has 2 aromatic rings. The summed E-state index contributed by atoms with van der Waals surface area (Å²) in [7, 11) is 1.64. The van der Waals surface area contributed by atoms with E-state index in [1.807, 2.05) is 43.3 Å². The lowest BCUT2D eigenvalue weighted by molar-refractivity contribution is 0.413. The molecule has 2 rings (SSSR count). The molecule has 6 heteroatoms. The molecule has 0 bridgehead atoms. The average Bonchev–Trinajstić information content (AvgIpc) is 2.51. The molecule has 3 nitrogen and oxygen atoms in total. The van der Waals surface area contributed by atoms with Crippen molar-refractivity contribution >= 4 is 46.2 Å². The van der Waals surface area contributed by atoms with E-state index in [0.29, 0.717) is 20.8 Å². The first kappa shape index (κ1) is 16.9. The van der Waals surface area contributed by atoms with Crippen molar-refractivity contribution in [2.75, 3.05) is 12.4 Å². The predicted molar refractivity (Wildman–Crippen MR) is 97.2 cm³/mol. The third-order valence-corrected chi connectivity index (χ3v) is 4.18. The Balaban J connectivity index is 2.03. The van der Waals surface area contributed by atoms with Crippen LogP contribution in [0.15, 0.2) is 42.5 Å². The third kappa shape index (κ3) is 4.26. The van der Waals surface area contributed by atoms with E-state index in [4.69, 9.17) is 40.2 Å². The first-order chi connectivity index (χ1) is 10.5. The van der Waals surface area contributed by atoms with E-state index >= 15 is 0 Å². The third-order valence-electron chi connectivity index (χ3n) is 3.14. The fourth-order valence-corrected chi connectivity index (χ4v) is 2.58. The first-order valence-corrected chi connectivity index (χ1v) is 7.83. The molecule has 2 N–H and O–H groups in total. The molecule has 1 unspecified atom stereocenters. The number of hydrogen-bond donors (Lipinski definition) is 2. The van der Waals surface area contributed by atoms with E-state index in [2.05, 4.69) is 10.6 Å². The maximum atomic E-state index is 6.13. The van der Waals surface area contributed by atoms with Gasteiger partial charge in [-0.3, -0.25) is 0 Å². The molecular formula is C16H16Cl2N2OS. The average molecular weight is 355 g/mol. The molecule has 0 saturated heterocycles. The highest BCUT2D eigenvalue weighted by molar-refractivity contribution is 7.80. The fraction of sp³-hybridized carbons (Fsp3) is 0.188. The standard InChI is InChI=1S/C16H16Cl2N2OS/c1-10(11-5-3-6-12(9-11)21-2)19-16(22)20-14-8-4-7-13(17)15(14)18/h3-10H,1-2H3,(H2,19,20,22). The van der Waals surface area contributed by atoms with Crippen molar-refractivity contribution in [2.45, 2.75) is 13.0 Å². The smallest absolute Gasteiger partial charge is 0.171 e. The van der Waals surface area contributed by atoms with Crippen LogP contribution in [0.25, 0.3) is 0 Å². The molecule has 2 aromatic carbocycles. The van der Waals surface area contributed by atoms with Gasteiger partial charge in [0.15, 0.2) is 5.11 Å². The number of methoxy groups -OCH3 is 1. The largest absolute Gasteiger partial charge is 0.497 e. The SMILES string of the molecule is COc1cccc(C(C)NC(=S)Nc2cccc(Cl)c2Cl)c1. The quantitative estimate of drug-likeness (QED) is 0.752. The van der Waals surface area contributed by atoms with Gasteiger partial charge < -0.3 is 15.4 Å². The summed E-state index contributed by atoms with van der Waals surface area (Å²) >= 11 is 17.4. The van der Waals surface area contributed by atoms with Crippen LogP contribution in [0.4, 0.5) is 5.69 Å². The minimum atomic E-state index is 0.0214. The van der Waals surface area contributed by atoms with E-state index in [9.17, 15) is 0 Å². The molecule has 22 heavy (non-hydrogen) atoms. The van der Waals surface area contributed by atoms with Crippen molar-refractivity contribution in [3.05, 3.63) is 58.1 Å². The van der Waals surface area contributed by atoms with Crippen LogP contribution in [-0.4, -0.2) is 12.2 Å². The Morgan fingerprint density at radius 3 is 2.64 bits per heavy atom. The Kier molecular flexibility index (Phi) is 5.89. The van der Waals surface area contributed by atoms with Gasteiger partial charge in [0.1, 0.15) is 5.75 Å². The molecule has 0 aromatic heterocycles. The van der Waals surface area contributed by atoms with Crippen LogP contribution in [0.3, 0.4) is 0 Å². The lowest BCUT2D eigenvalue weighted by atomic mass is 10.1. The summed E-state index contributed by atoms with van der Waals surface area (Å²) in [6.07, 6.45) is 0. The maximum Gasteiger partial charge on any atom is 0.171 e. The highest BCUT2D eigenvalue weighted by Crippen LogP contribution is 2.29. The van der Waals surface area contributed by atoms with E-state index in [-0.39, 0.29) is 6.04 Å². The summed E-state index contributed by atoms with van der Waals surface area (Å²) in [4.78, 5) is 0. The fourth-order valence-electron chi connectivity index (χ4n) is 1.95. The van der Waals surface area contributed by atoms with Crippen LogP contribution < -0.4 is 15.4 Å². The van der Waals surface area contributed by atoms with Gasteiger partial charge in [-0.1, -0.05) is 41.4 Å². The van der Waals surface area contributed by atoms with Gasteiger partial charge >= 0.3 is 0 Å². The Hall–Kier alpha value is -1.49. The summed E-state index contributed by atoms with van der Waals surface area (Å²) in [5.41, 5.74) is 1.74. The zero-order valence-electron chi connectivity index (χ0n) is 12.2. The Bertz CT molecular complexity index is 679. The number of thiocarbonyl (C=S) groups is 1. The molecule has 0 heterocycles. The van der Waals surface area contributed by atoms with Crippen LogP contribution in [0.2, 0.25) is 10.0 Å². The van der Waals surface area contributed by atoms with Crippen molar-refractivity contribution < 1.29 is 4.74 Å². The highest BCUT2D eigenvalue weighted by atomic mass is 35.5. The Labute approximate surface area is 145 Å². The number of rotatable bonds is 4. The number of ether oxygens (including phenoxy) is 1. The van der Waals surface area contributed by atoms with Crippen LogP contribution in [0.5, 0.6) is 5.75 Å². The van der Waals surface area contributed by atoms with E-state index in [1.165, 1.54) is 0 Å². The lowest BCUT2D eigenvalue weighted by Crippen LogP contribution is -2.31. The van der Waals surface area contributed by atoms with Gasteiger partial charge in [0, 0.05) is 0 Å². The number of nitrogens with one attached hydrogen (secondary N) is 2. The summed E-state index contributed by atoms with van der Waals surface area (Å²) in [6, 6.07) is 13.2. The van der Waals surface area contributed by atoms with Crippen LogP contribution in [-0.2, 0) is 0 Å². The molecule has 0 spiro atoms. The molecule has 0 amide bonds. The summed E-state index contributed by atoms with van der Waals surface area (Å²) in [6.45, 7) is 2.02. The molecule has 0 aliphatic carbocycles. The monoisotopic (exact) mass is 354 g/mol. The molecule has 0 saturated carbocycles. The van der Waals surface area contributed by atoms with E-state index in [0.717, 1.165) is 11.3 Å². The normalized spacial score (nSPS) is 11.6. The van der Waals surface area contributed by atoms with Gasteiger partial charge in [-0.05, 0) is 49.0 Å². The Morgan fingerprint density at radius 2 is 1.91 bits per heavy atom. The summed E-state index contributed by atoms with van der Waals surface area (Å²) in [5, 5.41) is 7.66. The van der Waals surface area contributed by atoms with Gasteiger partial charge in [0.05, 0.1) is 28.9 Å². The minimum Gasteiger partial charge on any atom is -0.497 e. The van der Waals surface area contributed by atoms with Crippen molar-refractivity contribution in [1.29, 1.82) is 0 Å². The first-order valence-electron chi connectivity index (χ1n) is 6.66. The van der Waals surface area contributed by atoms with Crippen molar-refractivity contribution in [2.24, 2.45) is 0 Å². The molecule has 0 radical (unpaired) electrons. The van der Waals surface area contributed by atoms with Crippen molar-refractivity contribution in [3.8, 4) is 5.75 Å². The highest BCUT2D eigenvalue weighted by Gasteiger charge is 2.10. The lowest BCUT2D eigenvalue weighted by Gasteiger charge is -2.18. The van der Waals surface area contributed by atoms with Crippen LogP contribution in [0, 0.1) is 0 Å². The summed E-state index contributed by atoms with van der Waals surface area (Å²) < 4.78 is 5.23. The van der Waals surface area contributed by atoms with Crippen LogP contribution >= 0.6 is 35.4 Å². The van der Waals surface area contributed by atoms with Gasteiger partial charge in [-0.25, -0.2) is 0 Å². The van der Waals surface area contributed by atoms with Crippen molar-refractivity contribution in [1.82, 2.24) is 5.32 Å². The topological polar surface area (TPSA) is 33.3 Å². The van der Waals surface area contributed by atoms with E-state index in [1.54, 1.807) is 13.2 Å². The van der Waals surface area contributed by atoms with Crippen LogP contribution in [0.1, 0.15) is 18.5 Å². The number of hydrogen-bond acceptors (Lipinski definition) is 2. The van der Waals surface area contributed by atoms with Gasteiger partial charge in [0.25, 0.3) is 0 Å². The number of benzene rings is 2. The summed E-state index contributed by atoms with van der Waals surface area (Å²) in [5.74, 6) is 0.808. The van der Waals surface area contributed by atoms with Crippen molar-refractivity contribution in [3.63, 3.8) is 0 Å². The Morgan fingerprint density at radius 1 is 1.18 bits per heavy atom. The van der Waals surface area contributed by atoms with Gasteiger partial charge in [-0.2, -0.15) is 0 Å². The van der Waals surface area contributed by atoms with E-state index < -0.39 is 0 Å². The second-order valence-corrected chi connectivity index (χ2v) is 5.89. The minimum absolute atomic E-state index is 0.0214. The molecule has 116 valence electrons. The molecule has 1 atom stereocenters. The zero-order chi connectivity index (χ0) is 16.1. The molecule has 0 aliphatic rings. The predicted octanol–water partition coefficient (Wildman–Crippen LogP) is 5.05. The molecular weight excluding hydrogens is 339 g/mol. The second-order valence-electron chi connectivity index (χ2n) is 4.70. The number of anilines is 1. The number of halogens is 2. The second kappa shape index (κ2) is 7.68.